The second-order valence-electron chi connectivity index (χ2n) is 6.49. The van der Waals surface area contributed by atoms with Crippen LogP contribution in [-0.4, -0.2) is 22.6 Å². The highest BCUT2D eigenvalue weighted by Gasteiger charge is 2.47. The Morgan fingerprint density at radius 3 is 2.32 bits per heavy atom. The Bertz CT molecular complexity index is 503. The van der Waals surface area contributed by atoms with Gasteiger partial charge in [0, 0.05) is 11.1 Å². The number of nitrogens with one attached hydrogen (secondary N) is 1. The summed E-state index contributed by atoms with van der Waals surface area (Å²) in [6, 6.07) is 9.08. The number of benzene rings is 1. The summed E-state index contributed by atoms with van der Waals surface area (Å²) in [5.74, 6) is -0.623. The second-order valence-corrected chi connectivity index (χ2v) is 6.49. The van der Waals surface area contributed by atoms with Crippen LogP contribution in [0.3, 0.4) is 0 Å². The second kappa shape index (κ2) is 4.57. The van der Waals surface area contributed by atoms with Gasteiger partial charge in [0.05, 0.1) is 11.5 Å². The summed E-state index contributed by atoms with van der Waals surface area (Å²) in [5, 5.41) is 3.32. The molecule has 1 saturated heterocycles. The van der Waals surface area contributed by atoms with Crippen molar-refractivity contribution in [2.24, 2.45) is 5.92 Å². The maximum atomic E-state index is 12.5. The summed E-state index contributed by atoms with van der Waals surface area (Å²) >= 11 is 0. The molecule has 102 valence electrons. The Labute approximate surface area is 114 Å². The summed E-state index contributed by atoms with van der Waals surface area (Å²) in [6.45, 7) is 7.77. The van der Waals surface area contributed by atoms with Crippen LogP contribution in [0.25, 0.3) is 0 Å². The van der Waals surface area contributed by atoms with Gasteiger partial charge in [-0.2, -0.15) is 0 Å². The van der Waals surface area contributed by atoms with Crippen molar-refractivity contribution in [2.75, 3.05) is 0 Å². The molecule has 1 aromatic carbocycles. The van der Waals surface area contributed by atoms with E-state index in [0.717, 1.165) is 0 Å². The van der Waals surface area contributed by atoms with Crippen LogP contribution in [0.15, 0.2) is 30.3 Å². The molecule has 1 aliphatic rings. The number of hydrogen-bond acceptors (Lipinski definition) is 3. The summed E-state index contributed by atoms with van der Waals surface area (Å²) in [6.07, 6.45) is 0.545. The van der Waals surface area contributed by atoms with Crippen molar-refractivity contribution in [1.29, 1.82) is 0 Å². The van der Waals surface area contributed by atoms with Crippen molar-refractivity contribution in [2.45, 2.75) is 45.2 Å². The van der Waals surface area contributed by atoms with E-state index in [1.807, 2.05) is 45.9 Å². The zero-order valence-electron chi connectivity index (χ0n) is 12.0. The third kappa shape index (κ3) is 2.76. The molecule has 2 rings (SSSR count). The van der Waals surface area contributed by atoms with Gasteiger partial charge < -0.3 is 5.32 Å². The number of rotatable bonds is 2. The Kier molecular flexibility index (Phi) is 3.35. The fourth-order valence-corrected chi connectivity index (χ4v) is 3.01. The van der Waals surface area contributed by atoms with Gasteiger partial charge in [-0.3, -0.25) is 9.59 Å². The number of carbonyl (C=O) groups excluding carboxylic acids is 2. The molecule has 1 aliphatic heterocycles. The van der Waals surface area contributed by atoms with Gasteiger partial charge in [-0.15, -0.1) is 0 Å². The number of piperidine rings is 1. The van der Waals surface area contributed by atoms with Crippen LogP contribution in [0.2, 0.25) is 0 Å². The first kappa shape index (κ1) is 13.9. The Morgan fingerprint density at radius 2 is 1.74 bits per heavy atom. The van der Waals surface area contributed by atoms with E-state index < -0.39 is 11.5 Å². The van der Waals surface area contributed by atoms with E-state index >= 15 is 0 Å². The molecule has 1 N–H and O–H groups in total. The molecule has 1 fully saturated rings. The first-order valence-corrected chi connectivity index (χ1v) is 6.66. The van der Waals surface area contributed by atoms with Gasteiger partial charge in [-0.1, -0.05) is 30.3 Å². The van der Waals surface area contributed by atoms with E-state index in [0.29, 0.717) is 12.0 Å². The number of Topliss-reactive ketones (excluding diaryl/α,β-unsaturated/α-hetero) is 2. The molecule has 19 heavy (non-hydrogen) atoms. The average Bonchev–Trinajstić information content (AvgIpc) is 2.33. The Balaban J connectivity index is 2.33. The maximum absolute atomic E-state index is 12.5. The van der Waals surface area contributed by atoms with Crippen LogP contribution >= 0.6 is 0 Å². The van der Waals surface area contributed by atoms with E-state index in [-0.39, 0.29) is 17.1 Å². The van der Waals surface area contributed by atoms with Crippen molar-refractivity contribution in [3.8, 4) is 0 Å². The average molecular weight is 259 g/mol. The minimum atomic E-state index is -0.656. The van der Waals surface area contributed by atoms with E-state index in [1.165, 1.54) is 0 Å². The van der Waals surface area contributed by atoms with Gasteiger partial charge in [0.1, 0.15) is 0 Å². The van der Waals surface area contributed by atoms with E-state index in [9.17, 15) is 9.59 Å². The molecule has 0 aromatic heterocycles. The van der Waals surface area contributed by atoms with Crippen LogP contribution < -0.4 is 5.32 Å². The van der Waals surface area contributed by atoms with Gasteiger partial charge >= 0.3 is 0 Å². The fraction of sp³-hybridized carbons (Fsp3) is 0.500. The molecule has 0 saturated carbocycles. The molecule has 1 heterocycles. The molecule has 0 bridgehead atoms. The van der Waals surface area contributed by atoms with Crippen LogP contribution in [0.4, 0.5) is 0 Å². The lowest BCUT2D eigenvalue weighted by Crippen LogP contribution is -2.64. The monoisotopic (exact) mass is 259 g/mol. The largest absolute Gasteiger partial charge is 0.300 e. The molecule has 1 unspecified atom stereocenters. The molecule has 0 amide bonds. The summed E-state index contributed by atoms with van der Waals surface area (Å²) in [5.41, 5.74) is -0.252. The number of ketones is 2. The highest BCUT2D eigenvalue weighted by atomic mass is 16.2. The SMILES string of the molecule is CC1(C)CC(C(=O)c2ccccc2)C(=O)C(C)(C)N1. The first-order chi connectivity index (χ1) is 8.73. The first-order valence-electron chi connectivity index (χ1n) is 6.66. The summed E-state index contributed by atoms with van der Waals surface area (Å²) in [4.78, 5) is 25.0. The van der Waals surface area contributed by atoms with Crippen molar-refractivity contribution in [1.82, 2.24) is 5.32 Å². The number of hydrogen-bond donors (Lipinski definition) is 1. The van der Waals surface area contributed by atoms with Gasteiger partial charge in [-0.25, -0.2) is 0 Å². The lowest BCUT2D eigenvalue weighted by molar-refractivity contribution is -0.131. The van der Waals surface area contributed by atoms with Crippen molar-refractivity contribution in [3.05, 3.63) is 35.9 Å². The minimum Gasteiger partial charge on any atom is -0.300 e. The standard InChI is InChI=1S/C16H21NO2/c1-15(2)10-12(14(19)16(3,4)17-15)13(18)11-8-6-5-7-9-11/h5-9,12,17H,10H2,1-4H3. The molecule has 0 aliphatic carbocycles. The van der Waals surface area contributed by atoms with Crippen LogP contribution in [0.5, 0.6) is 0 Å². The highest BCUT2D eigenvalue weighted by molar-refractivity contribution is 6.13. The molecule has 3 nitrogen and oxygen atoms in total. The third-order valence-electron chi connectivity index (χ3n) is 3.67. The third-order valence-corrected chi connectivity index (χ3v) is 3.67. The van der Waals surface area contributed by atoms with Crippen LogP contribution in [-0.2, 0) is 4.79 Å². The summed E-state index contributed by atoms with van der Waals surface area (Å²) < 4.78 is 0. The zero-order chi connectivity index (χ0) is 14.3. The molecule has 0 spiro atoms. The lowest BCUT2D eigenvalue weighted by atomic mass is 9.72. The topological polar surface area (TPSA) is 46.2 Å². The normalized spacial score (nSPS) is 25.1. The Morgan fingerprint density at radius 1 is 1.16 bits per heavy atom. The lowest BCUT2D eigenvalue weighted by Gasteiger charge is -2.44. The molecule has 1 aromatic rings. The number of carbonyl (C=O) groups is 2. The predicted molar refractivity (Wildman–Crippen MR) is 75.2 cm³/mol. The van der Waals surface area contributed by atoms with Gasteiger partial charge in [0.2, 0.25) is 0 Å². The van der Waals surface area contributed by atoms with Gasteiger partial charge in [0.25, 0.3) is 0 Å². The van der Waals surface area contributed by atoms with Gasteiger partial charge in [-0.05, 0) is 34.1 Å². The highest BCUT2D eigenvalue weighted by Crippen LogP contribution is 2.32. The maximum Gasteiger partial charge on any atom is 0.173 e. The zero-order valence-corrected chi connectivity index (χ0v) is 12.0. The Hall–Kier alpha value is -1.48. The molecular weight excluding hydrogens is 238 g/mol. The van der Waals surface area contributed by atoms with Crippen LogP contribution in [0, 0.1) is 5.92 Å². The van der Waals surface area contributed by atoms with Crippen LogP contribution in [0.1, 0.15) is 44.5 Å². The van der Waals surface area contributed by atoms with Crippen molar-refractivity contribution < 1.29 is 9.59 Å². The quantitative estimate of drug-likeness (QED) is 0.656. The van der Waals surface area contributed by atoms with Crippen molar-refractivity contribution >= 4 is 11.6 Å². The molecule has 0 radical (unpaired) electrons. The fourth-order valence-electron chi connectivity index (χ4n) is 3.01. The summed E-state index contributed by atoms with van der Waals surface area (Å²) in [7, 11) is 0. The van der Waals surface area contributed by atoms with E-state index in [1.54, 1.807) is 12.1 Å². The molecular formula is C16H21NO2. The predicted octanol–water partition coefficient (Wildman–Crippen LogP) is 2.61. The smallest absolute Gasteiger partial charge is 0.173 e. The van der Waals surface area contributed by atoms with E-state index in [2.05, 4.69) is 5.32 Å². The van der Waals surface area contributed by atoms with Gasteiger partial charge in [0.15, 0.2) is 11.6 Å². The van der Waals surface area contributed by atoms with Crippen molar-refractivity contribution in [3.63, 3.8) is 0 Å². The minimum absolute atomic E-state index is 0.0133. The molecule has 3 heteroatoms. The van der Waals surface area contributed by atoms with E-state index in [4.69, 9.17) is 0 Å². The molecule has 1 atom stereocenters.